The second kappa shape index (κ2) is 13.2. The predicted molar refractivity (Wildman–Crippen MR) is 149 cm³/mol. The quantitative estimate of drug-likeness (QED) is 0.260. The zero-order valence-electron chi connectivity index (χ0n) is 22.8. The highest BCUT2D eigenvalue weighted by Crippen LogP contribution is 2.36. The molecule has 1 saturated heterocycles. The predicted octanol–water partition coefficient (Wildman–Crippen LogP) is 6.67. The standard InChI is InChI=1S/C30H31F5N2O4S/c1-2-42(39,40)27-15-3-20(4-16-27)17-28(38)36-24-10-13-25(14-11-24)37-18-22(7-12-26(37)19-41-29(31)32)21-5-8-23(9-6-21)30(33,34)35/h3-6,8-11,13-16,22,26,29H,2,7,12,17-19H2,1H3,(H,36,38)/t22?,26-/m0/s1. The second-order valence-electron chi connectivity index (χ2n) is 10.1. The smallest absolute Gasteiger partial charge is 0.366 e. The molecule has 3 aromatic rings. The zero-order chi connectivity index (χ0) is 30.5. The molecule has 0 aliphatic carbocycles. The highest BCUT2D eigenvalue weighted by Gasteiger charge is 2.33. The van der Waals surface area contributed by atoms with Gasteiger partial charge in [0, 0.05) is 23.8 Å². The Morgan fingerprint density at radius 3 is 2.19 bits per heavy atom. The van der Waals surface area contributed by atoms with Crippen molar-refractivity contribution in [2.45, 2.75) is 55.8 Å². The molecule has 0 spiro atoms. The van der Waals surface area contributed by atoms with Gasteiger partial charge in [0.1, 0.15) is 0 Å². The minimum Gasteiger partial charge on any atom is -0.366 e. The number of nitrogens with zero attached hydrogens (tertiary/aromatic N) is 1. The molecular formula is C30H31F5N2O4S. The lowest BCUT2D eigenvalue weighted by Gasteiger charge is -2.41. The van der Waals surface area contributed by atoms with E-state index in [0.29, 0.717) is 36.3 Å². The number of carbonyl (C=O) groups is 1. The second-order valence-corrected chi connectivity index (χ2v) is 12.4. The fraction of sp³-hybridized carbons (Fsp3) is 0.367. The van der Waals surface area contributed by atoms with Gasteiger partial charge >= 0.3 is 12.8 Å². The van der Waals surface area contributed by atoms with E-state index in [9.17, 15) is 35.2 Å². The van der Waals surface area contributed by atoms with Crippen LogP contribution in [0.4, 0.5) is 33.3 Å². The van der Waals surface area contributed by atoms with Crippen molar-refractivity contribution in [2.75, 3.05) is 29.1 Å². The van der Waals surface area contributed by atoms with E-state index in [1.807, 2.05) is 4.90 Å². The number of ether oxygens (including phenoxy) is 1. The number of amides is 1. The maximum absolute atomic E-state index is 13.0. The molecule has 1 amide bonds. The Morgan fingerprint density at radius 1 is 0.976 bits per heavy atom. The van der Waals surface area contributed by atoms with Crippen LogP contribution >= 0.6 is 0 Å². The molecule has 4 rings (SSSR count). The average Bonchev–Trinajstić information content (AvgIpc) is 2.96. The van der Waals surface area contributed by atoms with E-state index in [0.717, 1.165) is 17.7 Å². The normalized spacial score (nSPS) is 17.8. The molecule has 2 atom stereocenters. The molecule has 0 radical (unpaired) electrons. The van der Waals surface area contributed by atoms with Crippen LogP contribution in [0, 0.1) is 0 Å². The molecule has 0 saturated carbocycles. The minimum absolute atomic E-state index is 0.0179. The summed E-state index contributed by atoms with van der Waals surface area (Å²) >= 11 is 0. The Hall–Kier alpha value is -3.51. The fourth-order valence-corrected chi connectivity index (χ4v) is 5.91. The van der Waals surface area contributed by atoms with Gasteiger partial charge in [-0.05, 0) is 72.5 Å². The first-order chi connectivity index (χ1) is 19.9. The van der Waals surface area contributed by atoms with E-state index in [1.54, 1.807) is 43.3 Å². The summed E-state index contributed by atoms with van der Waals surface area (Å²) in [6.07, 6.45) is -3.31. The molecule has 12 heteroatoms. The molecule has 1 heterocycles. The van der Waals surface area contributed by atoms with Gasteiger partial charge in [-0.15, -0.1) is 0 Å². The summed E-state index contributed by atoms with van der Waals surface area (Å²) in [6.45, 7) is -1.20. The van der Waals surface area contributed by atoms with Gasteiger partial charge in [0.15, 0.2) is 9.84 Å². The monoisotopic (exact) mass is 610 g/mol. The first-order valence-corrected chi connectivity index (χ1v) is 15.1. The van der Waals surface area contributed by atoms with Crippen LogP contribution in [0.25, 0.3) is 0 Å². The van der Waals surface area contributed by atoms with Gasteiger partial charge in [0.25, 0.3) is 0 Å². The Labute approximate surface area is 241 Å². The van der Waals surface area contributed by atoms with Gasteiger partial charge < -0.3 is 15.0 Å². The van der Waals surface area contributed by atoms with E-state index in [2.05, 4.69) is 10.1 Å². The van der Waals surface area contributed by atoms with Crippen LogP contribution in [0.1, 0.15) is 42.4 Å². The van der Waals surface area contributed by atoms with Gasteiger partial charge in [0.2, 0.25) is 5.91 Å². The minimum atomic E-state index is -4.44. The van der Waals surface area contributed by atoms with Gasteiger partial charge in [0.05, 0.1) is 35.3 Å². The van der Waals surface area contributed by atoms with Crippen molar-refractivity contribution in [3.63, 3.8) is 0 Å². The first-order valence-electron chi connectivity index (χ1n) is 13.4. The largest absolute Gasteiger partial charge is 0.416 e. The summed E-state index contributed by atoms with van der Waals surface area (Å²) in [7, 11) is -3.33. The summed E-state index contributed by atoms with van der Waals surface area (Å²) in [5.41, 5.74) is 1.83. The van der Waals surface area contributed by atoms with Crippen molar-refractivity contribution in [2.24, 2.45) is 0 Å². The summed E-state index contributed by atoms with van der Waals surface area (Å²) in [6, 6.07) is 17.6. The van der Waals surface area contributed by atoms with E-state index < -0.39 is 28.2 Å². The number of nitrogens with one attached hydrogen (secondary N) is 1. The number of benzene rings is 3. The van der Waals surface area contributed by atoms with Gasteiger partial charge in [-0.25, -0.2) is 8.42 Å². The van der Waals surface area contributed by atoms with Crippen LogP contribution in [-0.4, -0.2) is 45.9 Å². The number of hydrogen-bond acceptors (Lipinski definition) is 5. The van der Waals surface area contributed by atoms with Crippen molar-refractivity contribution in [3.05, 3.63) is 89.5 Å². The highest BCUT2D eigenvalue weighted by molar-refractivity contribution is 7.91. The van der Waals surface area contributed by atoms with Crippen molar-refractivity contribution in [3.8, 4) is 0 Å². The fourth-order valence-electron chi connectivity index (χ4n) is 5.03. The van der Waals surface area contributed by atoms with Crippen LogP contribution < -0.4 is 10.2 Å². The molecule has 6 nitrogen and oxygen atoms in total. The maximum atomic E-state index is 13.0. The topological polar surface area (TPSA) is 75.7 Å². The lowest BCUT2D eigenvalue weighted by Crippen LogP contribution is -2.45. The average molecular weight is 611 g/mol. The zero-order valence-corrected chi connectivity index (χ0v) is 23.6. The van der Waals surface area contributed by atoms with E-state index in [4.69, 9.17) is 0 Å². The van der Waals surface area contributed by atoms with Crippen LogP contribution in [0.15, 0.2) is 77.7 Å². The number of sulfone groups is 1. The molecule has 42 heavy (non-hydrogen) atoms. The number of halogens is 5. The van der Waals surface area contributed by atoms with Crippen LogP contribution in [0.2, 0.25) is 0 Å². The number of carbonyl (C=O) groups excluding carboxylic acids is 1. The Morgan fingerprint density at radius 2 is 1.62 bits per heavy atom. The molecule has 1 unspecified atom stereocenters. The van der Waals surface area contributed by atoms with Crippen LogP contribution in [-0.2, 0) is 32.0 Å². The molecular weight excluding hydrogens is 579 g/mol. The number of rotatable bonds is 10. The molecule has 226 valence electrons. The molecule has 3 aromatic carbocycles. The maximum Gasteiger partial charge on any atom is 0.416 e. The van der Waals surface area contributed by atoms with Gasteiger partial charge in [-0.3, -0.25) is 4.79 Å². The third-order valence-corrected chi connectivity index (χ3v) is 9.09. The lowest BCUT2D eigenvalue weighted by atomic mass is 9.86. The Bertz CT molecular complexity index is 1450. The Balaban J connectivity index is 1.44. The number of anilines is 2. The highest BCUT2D eigenvalue weighted by atomic mass is 32.2. The molecule has 1 fully saturated rings. The summed E-state index contributed by atoms with van der Waals surface area (Å²) in [5, 5.41) is 2.79. The molecule has 1 aliphatic heterocycles. The lowest BCUT2D eigenvalue weighted by molar-refractivity contribution is -0.137. The molecule has 0 bridgehead atoms. The third-order valence-electron chi connectivity index (χ3n) is 7.34. The van der Waals surface area contributed by atoms with Crippen LogP contribution in [0.5, 0.6) is 0 Å². The van der Waals surface area contributed by atoms with Crippen molar-refractivity contribution in [1.29, 1.82) is 0 Å². The Kier molecular flexibility index (Phi) is 9.88. The SMILES string of the molecule is CCS(=O)(=O)c1ccc(CC(=O)Nc2ccc(N3CC(c4ccc(C(F)(F)F)cc4)CC[C@H]3COC(F)F)cc2)cc1. The van der Waals surface area contributed by atoms with E-state index in [1.165, 1.54) is 24.3 Å². The van der Waals surface area contributed by atoms with Crippen molar-refractivity contribution < 1.29 is 39.9 Å². The van der Waals surface area contributed by atoms with E-state index >= 15 is 0 Å². The first kappa shape index (κ1) is 31.4. The summed E-state index contributed by atoms with van der Waals surface area (Å²) < 4.78 is 93.2. The van der Waals surface area contributed by atoms with Crippen molar-refractivity contribution in [1.82, 2.24) is 0 Å². The third kappa shape index (κ3) is 8.07. The summed E-state index contributed by atoms with van der Waals surface area (Å²) in [4.78, 5) is 14.7. The summed E-state index contributed by atoms with van der Waals surface area (Å²) in [5.74, 6) is -0.443. The number of alkyl halides is 5. The number of piperidine rings is 1. The molecule has 1 N–H and O–H groups in total. The molecule has 0 aromatic heterocycles. The number of hydrogen-bond donors (Lipinski definition) is 1. The van der Waals surface area contributed by atoms with Crippen LogP contribution in [0.3, 0.4) is 0 Å². The van der Waals surface area contributed by atoms with E-state index in [-0.39, 0.29) is 41.5 Å². The van der Waals surface area contributed by atoms with Crippen molar-refractivity contribution >= 4 is 27.1 Å². The van der Waals surface area contributed by atoms with Gasteiger partial charge in [-0.2, -0.15) is 22.0 Å². The molecule has 1 aliphatic rings. The van der Waals surface area contributed by atoms with Gasteiger partial charge in [-0.1, -0.05) is 31.2 Å².